The molecule has 11 heteroatoms. The summed E-state index contributed by atoms with van der Waals surface area (Å²) in [6, 6.07) is 12.0. The highest BCUT2D eigenvalue weighted by Gasteiger charge is 2.15. The second-order valence-electron chi connectivity index (χ2n) is 6.62. The Balaban J connectivity index is 1.60. The van der Waals surface area contributed by atoms with E-state index in [0.29, 0.717) is 34.3 Å². The molecule has 2 aromatic carbocycles. The largest absolute Gasteiger partial charge is 0.411 e. The second-order valence-corrected chi connectivity index (χ2v) is 9.82. The van der Waals surface area contributed by atoms with Crippen molar-refractivity contribution in [2.75, 3.05) is 21.5 Å². The Morgan fingerprint density at radius 1 is 1.13 bits per heavy atom. The van der Waals surface area contributed by atoms with E-state index in [9.17, 15) is 13.2 Å². The fraction of sp³-hybridized carbons (Fsp3) is 0.250. The average molecular weight is 481 g/mol. The molecule has 0 unspecified atom stereocenters. The van der Waals surface area contributed by atoms with Gasteiger partial charge in [-0.3, -0.25) is 9.52 Å². The zero-order chi connectivity index (χ0) is 22.4. The maximum Gasteiger partial charge on any atom is 0.277 e. The van der Waals surface area contributed by atoms with Crippen molar-refractivity contribution in [1.82, 2.24) is 10.2 Å². The fourth-order valence-electron chi connectivity index (χ4n) is 2.66. The number of thioether (sulfide) groups is 1. The van der Waals surface area contributed by atoms with Gasteiger partial charge in [-0.25, -0.2) is 8.42 Å². The monoisotopic (exact) mass is 480 g/mol. The lowest BCUT2D eigenvalue weighted by atomic mass is 10.1. The molecule has 0 bridgehead atoms. The van der Waals surface area contributed by atoms with Gasteiger partial charge in [0.15, 0.2) is 0 Å². The number of halogens is 1. The molecule has 3 aromatic rings. The molecule has 0 radical (unpaired) electrons. The van der Waals surface area contributed by atoms with Crippen molar-refractivity contribution in [3.63, 3.8) is 0 Å². The summed E-state index contributed by atoms with van der Waals surface area (Å²) in [7, 11) is -3.42. The molecule has 0 fully saturated rings. The lowest BCUT2D eigenvalue weighted by Crippen LogP contribution is -2.18. The van der Waals surface area contributed by atoms with Crippen LogP contribution in [0.2, 0.25) is 5.02 Å². The van der Waals surface area contributed by atoms with Crippen LogP contribution >= 0.6 is 23.4 Å². The van der Waals surface area contributed by atoms with Gasteiger partial charge in [0.25, 0.3) is 5.22 Å². The number of amides is 1. The number of aromatic nitrogens is 2. The Morgan fingerprint density at radius 2 is 1.84 bits per heavy atom. The predicted molar refractivity (Wildman–Crippen MR) is 123 cm³/mol. The highest BCUT2D eigenvalue weighted by molar-refractivity contribution is 7.99. The van der Waals surface area contributed by atoms with Crippen LogP contribution < -0.4 is 10.0 Å². The number of nitrogens with one attached hydrogen (secondary N) is 2. The SMILES string of the molecule is CCCS(=O)(=O)Nc1cccc(NC(=O)CSc2nnc(-c3ccc(Cl)cc3)o2)c1C. The summed E-state index contributed by atoms with van der Waals surface area (Å²) >= 11 is 6.98. The third-order valence-corrected chi connectivity index (χ3v) is 6.72. The summed E-state index contributed by atoms with van der Waals surface area (Å²) in [6.45, 7) is 3.53. The van der Waals surface area contributed by atoms with Crippen molar-refractivity contribution in [2.45, 2.75) is 25.5 Å². The third-order valence-electron chi connectivity index (χ3n) is 4.17. The number of benzene rings is 2. The lowest BCUT2D eigenvalue weighted by Gasteiger charge is -2.14. The molecule has 0 spiro atoms. The van der Waals surface area contributed by atoms with Crippen molar-refractivity contribution in [2.24, 2.45) is 0 Å². The van der Waals surface area contributed by atoms with Gasteiger partial charge in [-0.1, -0.05) is 36.4 Å². The molecule has 8 nitrogen and oxygen atoms in total. The molecule has 0 aliphatic carbocycles. The zero-order valence-corrected chi connectivity index (χ0v) is 19.3. The highest BCUT2D eigenvalue weighted by atomic mass is 35.5. The number of hydrogen-bond donors (Lipinski definition) is 2. The van der Waals surface area contributed by atoms with Crippen LogP contribution in [0.1, 0.15) is 18.9 Å². The lowest BCUT2D eigenvalue weighted by molar-refractivity contribution is -0.113. The molecule has 2 N–H and O–H groups in total. The summed E-state index contributed by atoms with van der Waals surface area (Å²) in [6.07, 6.45) is 0.511. The van der Waals surface area contributed by atoms with Gasteiger partial charge in [-0.05, 0) is 55.3 Å². The average Bonchev–Trinajstić information content (AvgIpc) is 3.19. The molecule has 164 valence electrons. The molecule has 0 atom stereocenters. The van der Waals surface area contributed by atoms with Crippen LogP contribution in [0.5, 0.6) is 0 Å². The van der Waals surface area contributed by atoms with Gasteiger partial charge in [0, 0.05) is 16.3 Å². The molecule has 0 aliphatic heterocycles. The molecule has 0 aliphatic rings. The van der Waals surface area contributed by atoms with Crippen LogP contribution in [-0.2, 0) is 14.8 Å². The van der Waals surface area contributed by atoms with E-state index < -0.39 is 10.0 Å². The van der Waals surface area contributed by atoms with E-state index in [2.05, 4.69) is 20.2 Å². The molecular weight excluding hydrogens is 460 g/mol. The summed E-state index contributed by atoms with van der Waals surface area (Å²) in [5, 5.41) is 11.6. The number of nitrogens with zero attached hydrogens (tertiary/aromatic N) is 2. The van der Waals surface area contributed by atoms with Crippen LogP contribution in [0.3, 0.4) is 0 Å². The van der Waals surface area contributed by atoms with E-state index >= 15 is 0 Å². The van der Waals surface area contributed by atoms with Crippen molar-refractivity contribution in [3.05, 3.63) is 53.1 Å². The van der Waals surface area contributed by atoms with E-state index in [0.717, 1.165) is 17.3 Å². The number of hydrogen-bond acceptors (Lipinski definition) is 7. The number of sulfonamides is 1. The first-order valence-corrected chi connectivity index (χ1v) is 12.4. The van der Waals surface area contributed by atoms with Crippen molar-refractivity contribution in [3.8, 4) is 11.5 Å². The summed E-state index contributed by atoms with van der Waals surface area (Å²) in [5.41, 5.74) is 2.31. The van der Waals surface area contributed by atoms with Crippen LogP contribution in [0.15, 0.2) is 52.1 Å². The number of carbonyl (C=O) groups excluding carboxylic acids is 1. The zero-order valence-electron chi connectivity index (χ0n) is 16.9. The van der Waals surface area contributed by atoms with Gasteiger partial charge in [-0.15, -0.1) is 10.2 Å². The molecule has 1 aromatic heterocycles. The fourth-order valence-corrected chi connectivity index (χ4v) is 4.54. The number of carbonyl (C=O) groups is 1. The van der Waals surface area contributed by atoms with E-state index in [4.69, 9.17) is 16.0 Å². The minimum Gasteiger partial charge on any atom is -0.411 e. The molecule has 1 amide bonds. The second kappa shape index (κ2) is 10.2. The Labute approximate surface area is 189 Å². The molecule has 31 heavy (non-hydrogen) atoms. The Morgan fingerprint density at radius 3 is 2.55 bits per heavy atom. The van der Waals surface area contributed by atoms with E-state index in [1.54, 1.807) is 56.3 Å². The number of rotatable bonds is 9. The van der Waals surface area contributed by atoms with Gasteiger partial charge in [0.2, 0.25) is 21.8 Å². The molecule has 0 saturated carbocycles. The Kier molecular flexibility index (Phi) is 7.58. The topological polar surface area (TPSA) is 114 Å². The first-order chi connectivity index (χ1) is 14.8. The van der Waals surface area contributed by atoms with Gasteiger partial charge >= 0.3 is 0 Å². The van der Waals surface area contributed by atoms with Crippen molar-refractivity contribution in [1.29, 1.82) is 0 Å². The third kappa shape index (κ3) is 6.46. The van der Waals surface area contributed by atoms with E-state index in [-0.39, 0.29) is 22.6 Å². The van der Waals surface area contributed by atoms with Crippen molar-refractivity contribution < 1.29 is 17.6 Å². The standard InChI is InChI=1S/C20H21ClN4O4S2/c1-3-11-31(27,28)25-17-6-4-5-16(13(17)2)22-18(26)12-30-20-24-23-19(29-20)14-7-9-15(21)10-8-14/h4-10,25H,3,11-12H2,1-2H3,(H,22,26). The highest BCUT2D eigenvalue weighted by Crippen LogP contribution is 2.26. The van der Waals surface area contributed by atoms with E-state index in [1.807, 2.05) is 0 Å². The van der Waals surface area contributed by atoms with Gasteiger partial charge < -0.3 is 9.73 Å². The van der Waals surface area contributed by atoms with Gasteiger partial charge in [0.05, 0.1) is 17.2 Å². The summed E-state index contributed by atoms with van der Waals surface area (Å²) < 4.78 is 32.2. The van der Waals surface area contributed by atoms with Crippen LogP contribution in [0.25, 0.3) is 11.5 Å². The summed E-state index contributed by atoms with van der Waals surface area (Å²) in [4.78, 5) is 12.4. The predicted octanol–water partition coefficient (Wildman–Crippen LogP) is 4.58. The Bertz CT molecular complexity index is 1160. The smallest absolute Gasteiger partial charge is 0.277 e. The van der Waals surface area contributed by atoms with Gasteiger partial charge in [-0.2, -0.15) is 0 Å². The first-order valence-electron chi connectivity index (χ1n) is 9.39. The van der Waals surface area contributed by atoms with Crippen LogP contribution in [0, 0.1) is 6.92 Å². The normalized spacial score (nSPS) is 11.3. The molecular formula is C20H21ClN4O4S2. The maximum absolute atomic E-state index is 12.4. The Hall–Kier alpha value is -2.56. The van der Waals surface area contributed by atoms with Gasteiger partial charge in [0.1, 0.15) is 0 Å². The molecule has 3 rings (SSSR count). The molecule has 1 heterocycles. The minimum atomic E-state index is -3.42. The maximum atomic E-state index is 12.4. The van der Waals surface area contributed by atoms with Crippen LogP contribution in [-0.4, -0.2) is 36.0 Å². The van der Waals surface area contributed by atoms with Crippen LogP contribution in [0.4, 0.5) is 11.4 Å². The van der Waals surface area contributed by atoms with E-state index in [1.165, 1.54) is 0 Å². The molecule has 0 saturated heterocycles. The first kappa shape index (κ1) is 23.1. The summed E-state index contributed by atoms with van der Waals surface area (Å²) in [5.74, 6) is 0.130. The minimum absolute atomic E-state index is 0.0296. The number of anilines is 2. The quantitative estimate of drug-likeness (QED) is 0.431. The van der Waals surface area contributed by atoms with Crippen molar-refractivity contribution >= 4 is 50.7 Å².